The van der Waals surface area contributed by atoms with Crippen molar-refractivity contribution in [3.05, 3.63) is 30.1 Å². The van der Waals surface area contributed by atoms with E-state index < -0.39 is 42.6 Å². The molecule has 0 aliphatic carbocycles. The second-order valence-electron chi connectivity index (χ2n) is 5.48. The van der Waals surface area contributed by atoms with Crippen LogP contribution in [0.1, 0.15) is 19.8 Å². The molecule has 2 rings (SSSR count). The lowest BCUT2D eigenvalue weighted by Crippen LogP contribution is -2.44. The van der Waals surface area contributed by atoms with Gasteiger partial charge in [-0.05, 0) is 31.9 Å². The number of halogens is 1. The number of amides is 1. The molecule has 1 aliphatic rings. The zero-order valence-corrected chi connectivity index (χ0v) is 14.7. The summed E-state index contributed by atoms with van der Waals surface area (Å²) in [5.41, 5.74) is 0. The predicted molar refractivity (Wildman–Crippen MR) is 85.5 cm³/mol. The van der Waals surface area contributed by atoms with Gasteiger partial charge in [0.1, 0.15) is 10.7 Å². The molecule has 0 aromatic heterocycles. The van der Waals surface area contributed by atoms with E-state index in [-0.39, 0.29) is 31.7 Å². The van der Waals surface area contributed by atoms with E-state index in [4.69, 9.17) is 0 Å². The lowest BCUT2D eigenvalue weighted by Gasteiger charge is -2.30. The molecule has 10 heteroatoms. The number of sulfonamides is 2. The number of piperidine rings is 1. The molecule has 1 heterocycles. The van der Waals surface area contributed by atoms with Crippen molar-refractivity contribution in [1.82, 2.24) is 9.03 Å². The Labute approximate surface area is 141 Å². The number of carbonyl (C=O) groups excluding carboxylic acids is 1. The van der Waals surface area contributed by atoms with Gasteiger partial charge in [-0.3, -0.25) is 9.52 Å². The number of benzene rings is 1. The van der Waals surface area contributed by atoms with E-state index >= 15 is 0 Å². The number of nitrogens with one attached hydrogen (secondary N) is 1. The van der Waals surface area contributed by atoms with E-state index in [1.807, 2.05) is 4.72 Å². The number of carbonyl (C=O) groups is 1. The zero-order valence-electron chi connectivity index (χ0n) is 13.1. The van der Waals surface area contributed by atoms with E-state index in [0.29, 0.717) is 0 Å². The van der Waals surface area contributed by atoms with Gasteiger partial charge in [0.2, 0.25) is 26.0 Å². The fourth-order valence-corrected chi connectivity index (χ4v) is 4.61. The molecule has 0 spiro atoms. The number of hydrogen-bond acceptors (Lipinski definition) is 5. The average molecular weight is 378 g/mol. The first-order valence-corrected chi connectivity index (χ1v) is 10.6. The quantitative estimate of drug-likeness (QED) is 0.813. The van der Waals surface area contributed by atoms with Gasteiger partial charge in [-0.1, -0.05) is 12.1 Å². The summed E-state index contributed by atoms with van der Waals surface area (Å²) in [5.74, 6) is -2.25. The molecule has 7 nitrogen and oxygen atoms in total. The predicted octanol–water partition coefficient (Wildman–Crippen LogP) is 0.692. The fourth-order valence-electron chi connectivity index (χ4n) is 2.46. The first-order valence-electron chi connectivity index (χ1n) is 7.46. The molecule has 0 bridgehead atoms. The van der Waals surface area contributed by atoms with Gasteiger partial charge in [-0.15, -0.1) is 0 Å². The number of nitrogens with zero attached hydrogens (tertiary/aromatic N) is 1. The van der Waals surface area contributed by atoms with E-state index in [2.05, 4.69) is 0 Å². The normalized spacial score (nSPS) is 17.6. The van der Waals surface area contributed by atoms with Crippen LogP contribution in [0.25, 0.3) is 0 Å². The van der Waals surface area contributed by atoms with E-state index in [0.717, 1.165) is 10.4 Å². The minimum atomic E-state index is -3.97. The Hall–Kier alpha value is -1.52. The first-order chi connectivity index (χ1) is 11.2. The van der Waals surface area contributed by atoms with Gasteiger partial charge in [0.25, 0.3) is 0 Å². The monoisotopic (exact) mass is 378 g/mol. The topological polar surface area (TPSA) is 101 Å². The molecule has 0 radical (unpaired) electrons. The fraction of sp³-hybridized carbons (Fsp3) is 0.500. The maximum Gasteiger partial charge on any atom is 0.245 e. The lowest BCUT2D eigenvalue weighted by atomic mass is 9.98. The van der Waals surface area contributed by atoms with Crippen LogP contribution in [0.2, 0.25) is 0 Å². The highest BCUT2D eigenvalue weighted by Gasteiger charge is 2.34. The molecule has 134 valence electrons. The Morgan fingerprint density at radius 3 is 2.33 bits per heavy atom. The summed E-state index contributed by atoms with van der Waals surface area (Å²) >= 11 is 0. The molecular formula is C14H19FN2O5S2. The smallest absolute Gasteiger partial charge is 0.245 e. The van der Waals surface area contributed by atoms with Crippen molar-refractivity contribution in [2.75, 3.05) is 18.8 Å². The summed E-state index contributed by atoms with van der Waals surface area (Å²) in [6.07, 6.45) is 0.359. The molecule has 1 aliphatic heterocycles. The Morgan fingerprint density at radius 2 is 1.79 bits per heavy atom. The SMILES string of the molecule is CCS(=O)(=O)NC(=O)C1CCN(S(=O)(=O)c2ccccc2F)CC1. The Bertz CT molecular complexity index is 815. The van der Waals surface area contributed by atoms with Crippen LogP contribution < -0.4 is 4.72 Å². The average Bonchev–Trinajstić information content (AvgIpc) is 2.55. The van der Waals surface area contributed by atoms with Gasteiger partial charge in [-0.2, -0.15) is 4.31 Å². The first kappa shape index (κ1) is 18.8. The van der Waals surface area contributed by atoms with Gasteiger partial charge in [0.15, 0.2) is 0 Å². The standard InChI is InChI=1S/C14H19FN2O5S2/c1-2-23(19,20)16-14(18)11-7-9-17(10-8-11)24(21,22)13-6-4-3-5-12(13)15/h3-6,11H,2,7-10H2,1H3,(H,16,18). The van der Waals surface area contributed by atoms with Crippen LogP contribution in [-0.4, -0.2) is 45.9 Å². The van der Waals surface area contributed by atoms with Crippen molar-refractivity contribution in [2.24, 2.45) is 5.92 Å². The van der Waals surface area contributed by atoms with Crippen molar-refractivity contribution in [1.29, 1.82) is 0 Å². The van der Waals surface area contributed by atoms with Gasteiger partial charge in [0, 0.05) is 19.0 Å². The van der Waals surface area contributed by atoms with Crippen LogP contribution in [0.4, 0.5) is 4.39 Å². The second kappa shape index (κ2) is 7.16. The van der Waals surface area contributed by atoms with Gasteiger partial charge in [-0.25, -0.2) is 21.2 Å². The second-order valence-corrected chi connectivity index (χ2v) is 9.40. The summed E-state index contributed by atoms with van der Waals surface area (Å²) in [4.78, 5) is 11.5. The Balaban J connectivity index is 2.05. The minimum Gasteiger partial charge on any atom is -0.274 e. The van der Waals surface area contributed by atoms with Crippen LogP contribution >= 0.6 is 0 Å². The molecule has 1 N–H and O–H groups in total. The van der Waals surface area contributed by atoms with Crippen LogP contribution in [-0.2, 0) is 24.8 Å². The molecule has 1 fully saturated rings. The van der Waals surface area contributed by atoms with E-state index in [1.54, 1.807) is 0 Å². The van der Waals surface area contributed by atoms with Crippen molar-refractivity contribution >= 4 is 26.0 Å². The van der Waals surface area contributed by atoms with Gasteiger partial charge >= 0.3 is 0 Å². The third-order valence-corrected chi connectivity index (χ3v) is 7.12. The molecule has 0 atom stereocenters. The summed E-state index contributed by atoms with van der Waals surface area (Å²) in [7, 11) is -7.61. The van der Waals surface area contributed by atoms with Crippen LogP contribution in [0.5, 0.6) is 0 Å². The van der Waals surface area contributed by atoms with Gasteiger partial charge < -0.3 is 0 Å². The lowest BCUT2D eigenvalue weighted by molar-refractivity contribution is -0.124. The molecule has 1 aromatic carbocycles. The summed E-state index contributed by atoms with van der Waals surface area (Å²) < 4.78 is 64.6. The third-order valence-electron chi connectivity index (χ3n) is 3.92. The number of rotatable bonds is 5. The highest BCUT2D eigenvalue weighted by Crippen LogP contribution is 2.25. The van der Waals surface area contributed by atoms with Gasteiger partial charge in [0.05, 0.1) is 5.75 Å². The summed E-state index contributed by atoms with van der Waals surface area (Å²) in [6, 6.07) is 5.10. The zero-order chi connectivity index (χ0) is 18.0. The summed E-state index contributed by atoms with van der Waals surface area (Å²) in [6.45, 7) is 1.47. The van der Waals surface area contributed by atoms with E-state index in [1.165, 1.54) is 25.1 Å². The maximum atomic E-state index is 13.7. The molecule has 24 heavy (non-hydrogen) atoms. The third kappa shape index (κ3) is 4.11. The van der Waals surface area contributed by atoms with E-state index in [9.17, 15) is 26.0 Å². The number of hydrogen-bond donors (Lipinski definition) is 1. The molecule has 0 unspecified atom stereocenters. The Morgan fingerprint density at radius 1 is 1.21 bits per heavy atom. The molecular weight excluding hydrogens is 359 g/mol. The van der Waals surface area contributed by atoms with Crippen LogP contribution in [0.15, 0.2) is 29.2 Å². The molecule has 1 aromatic rings. The van der Waals surface area contributed by atoms with Crippen molar-refractivity contribution in [2.45, 2.75) is 24.7 Å². The van der Waals surface area contributed by atoms with Crippen molar-refractivity contribution < 1.29 is 26.0 Å². The molecule has 1 saturated heterocycles. The van der Waals surface area contributed by atoms with Crippen LogP contribution in [0.3, 0.4) is 0 Å². The summed E-state index contributed by atoms with van der Waals surface area (Å²) in [5, 5.41) is 0. The Kier molecular flexibility index (Phi) is 5.61. The van der Waals surface area contributed by atoms with Crippen molar-refractivity contribution in [3.8, 4) is 0 Å². The van der Waals surface area contributed by atoms with Crippen LogP contribution in [0, 0.1) is 11.7 Å². The molecule has 0 saturated carbocycles. The highest BCUT2D eigenvalue weighted by molar-refractivity contribution is 7.90. The molecule has 1 amide bonds. The highest BCUT2D eigenvalue weighted by atomic mass is 32.2. The largest absolute Gasteiger partial charge is 0.274 e. The maximum absolute atomic E-state index is 13.7. The van der Waals surface area contributed by atoms with Crippen molar-refractivity contribution in [3.63, 3.8) is 0 Å². The minimum absolute atomic E-state index is 0.0287.